The van der Waals surface area contributed by atoms with E-state index in [2.05, 4.69) is 27.3 Å². The summed E-state index contributed by atoms with van der Waals surface area (Å²) in [6, 6.07) is 0.659. The number of carboxylic acids is 1. The number of hydrogen-bond acceptors (Lipinski definition) is 6. The third-order valence-corrected chi connectivity index (χ3v) is 5.94. The Morgan fingerprint density at radius 1 is 0.971 bits per heavy atom. The van der Waals surface area contributed by atoms with Gasteiger partial charge in [0, 0.05) is 18.6 Å². The number of alkyl carbamates (subject to hydrolysis) is 2. The molecule has 0 aromatic carbocycles. The molecule has 1 atom stereocenters. The molecule has 202 valence electrons. The van der Waals surface area contributed by atoms with Gasteiger partial charge in [0.2, 0.25) is 0 Å². The Bertz CT molecular complexity index is 621. The van der Waals surface area contributed by atoms with Crippen LogP contribution in [0.3, 0.4) is 0 Å². The summed E-state index contributed by atoms with van der Waals surface area (Å²) in [5.74, 6) is -1.17. The Hall–Kier alpha value is -2.29. The Kier molecular flexibility index (Phi) is 15.1. The molecule has 0 radical (unpaired) electrons. The summed E-state index contributed by atoms with van der Waals surface area (Å²) in [4.78, 5) is 33.7. The first-order chi connectivity index (χ1) is 16.6. The minimum atomic E-state index is -1.17. The van der Waals surface area contributed by atoms with Gasteiger partial charge in [0.05, 0.1) is 0 Å². The zero-order valence-electron chi connectivity index (χ0n) is 21.9. The van der Waals surface area contributed by atoms with E-state index in [1.165, 1.54) is 70.3 Å². The number of carbonyl (C=O) groups excluding carboxylic acids is 2. The van der Waals surface area contributed by atoms with Gasteiger partial charge in [0.15, 0.2) is 0 Å². The summed E-state index contributed by atoms with van der Waals surface area (Å²) in [5, 5.41) is 17.6. The van der Waals surface area contributed by atoms with Crippen molar-refractivity contribution in [2.45, 2.75) is 122 Å². The number of ether oxygens (including phenoxy) is 2. The van der Waals surface area contributed by atoms with E-state index in [1.807, 2.05) is 0 Å². The van der Waals surface area contributed by atoms with E-state index in [0.29, 0.717) is 6.42 Å². The number of nitrogens with one attached hydrogen (secondary N) is 3. The Labute approximate surface area is 210 Å². The number of aliphatic carboxylic acids is 1. The fourth-order valence-corrected chi connectivity index (χ4v) is 4.26. The first-order valence-corrected chi connectivity index (χ1v) is 13.1. The number of carbonyl (C=O) groups is 3. The lowest BCUT2D eigenvalue weighted by Gasteiger charge is -2.30. The largest absolute Gasteiger partial charge is 0.480 e. The average molecular weight is 498 g/mol. The first kappa shape index (κ1) is 30.7. The minimum absolute atomic E-state index is 0.00162. The highest BCUT2D eigenvalue weighted by Gasteiger charge is 2.21. The van der Waals surface area contributed by atoms with Crippen molar-refractivity contribution in [1.29, 1.82) is 0 Å². The molecule has 2 aliphatic rings. The van der Waals surface area contributed by atoms with E-state index in [9.17, 15) is 14.4 Å². The van der Waals surface area contributed by atoms with Crippen molar-refractivity contribution in [2.75, 3.05) is 13.2 Å². The third kappa shape index (κ3) is 16.1. The molecular weight excluding hydrogens is 450 g/mol. The van der Waals surface area contributed by atoms with Crippen molar-refractivity contribution < 1.29 is 29.0 Å². The second kappa shape index (κ2) is 17.2. The normalized spacial score (nSPS) is 17.8. The van der Waals surface area contributed by atoms with Crippen molar-refractivity contribution in [2.24, 2.45) is 0 Å². The molecule has 35 heavy (non-hydrogen) atoms. The monoisotopic (exact) mass is 497 g/mol. The van der Waals surface area contributed by atoms with Crippen LogP contribution in [-0.4, -0.2) is 60.1 Å². The highest BCUT2D eigenvalue weighted by atomic mass is 16.6. The maximum absolute atomic E-state index is 11.4. The van der Waals surface area contributed by atoms with Crippen molar-refractivity contribution in [1.82, 2.24) is 16.0 Å². The van der Waals surface area contributed by atoms with E-state index in [1.54, 1.807) is 20.8 Å². The van der Waals surface area contributed by atoms with Crippen LogP contribution in [0, 0.1) is 0 Å². The maximum atomic E-state index is 11.4. The van der Waals surface area contributed by atoms with Gasteiger partial charge in [-0.2, -0.15) is 0 Å². The van der Waals surface area contributed by atoms with E-state index in [0.717, 1.165) is 12.1 Å². The third-order valence-electron chi connectivity index (χ3n) is 5.94. The summed E-state index contributed by atoms with van der Waals surface area (Å²) < 4.78 is 9.69. The van der Waals surface area contributed by atoms with E-state index in [-0.39, 0.29) is 19.6 Å². The summed E-state index contributed by atoms with van der Waals surface area (Å²) in [6.45, 7) is 8.84. The fraction of sp³-hybridized carbons (Fsp3) is 0.808. The van der Waals surface area contributed by atoms with Gasteiger partial charge >= 0.3 is 18.2 Å². The van der Waals surface area contributed by atoms with Crippen molar-refractivity contribution in [3.8, 4) is 0 Å². The van der Waals surface area contributed by atoms with Crippen molar-refractivity contribution >= 4 is 18.2 Å². The van der Waals surface area contributed by atoms with Gasteiger partial charge < -0.3 is 30.5 Å². The summed E-state index contributed by atoms with van der Waals surface area (Å²) in [6.07, 6.45) is 15.0. The van der Waals surface area contributed by atoms with Gasteiger partial charge in [0.25, 0.3) is 0 Å². The fourth-order valence-electron chi connectivity index (χ4n) is 4.26. The lowest BCUT2D eigenvalue weighted by molar-refractivity contribution is -0.139. The Morgan fingerprint density at radius 2 is 1.51 bits per heavy atom. The molecule has 9 nitrogen and oxygen atoms in total. The van der Waals surface area contributed by atoms with Crippen LogP contribution in [0.1, 0.15) is 97.8 Å². The highest BCUT2D eigenvalue weighted by molar-refractivity contribution is 5.79. The number of hydrogen-bond donors (Lipinski definition) is 4. The molecule has 0 heterocycles. The minimum Gasteiger partial charge on any atom is -0.480 e. The number of amides is 2. The molecule has 1 unspecified atom stereocenters. The van der Waals surface area contributed by atoms with Gasteiger partial charge in [-0.1, -0.05) is 51.2 Å². The summed E-state index contributed by atoms with van der Waals surface area (Å²) in [5.41, 5.74) is -0.593. The average Bonchev–Trinajstić information content (AvgIpc) is 2.80. The molecule has 2 fully saturated rings. The molecule has 9 heteroatoms. The first-order valence-electron chi connectivity index (χ1n) is 13.1. The van der Waals surface area contributed by atoms with Crippen LogP contribution in [-0.2, 0) is 14.3 Å². The van der Waals surface area contributed by atoms with Gasteiger partial charge in [-0.15, -0.1) is 0 Å². The van der Waals surface area contributed by atoms with Crippen LogP contribution >= 0.6 is 0 Å². The molecule has 2 amide bonds. The Morgan fingerprint density at radius 3 is 1.97 bits per heavy atom. The second-order valence-electron chi connectivity index (χ2n) is 10.3. The molecule has 2 aliphatic carbocycles. The van der Waals surface area contributed by atoms with Crippen molar-refractivity contribution in [3.05, 3.63) is 12.7 Å². The molecule has 2 rings (SSSR count). The molecule has 4 N–H and O–H groups in total. The highest BCUT2D eigenvalue weighted by Crippen LogP contribution is 2.22. The summed E-state index contributed by atoms with van der Waals surface area (Å²) in [7, 11) is 0. The van der Waals surface area contributed by atoms with Crippen LogP contribution in [0.2, 0.25) is 0 Å². The van der Waals surface area contributed by atoms with Gasteiger partial charge in [0.1, 0.15) is 18.2 Å². The molecule has 0 aromatic rings. The number of carboxylic acid groups (broad SMARTS) is 1. The molecular formula is C26H47N3O6. The van der Waals surface area contributed by atoms with Gasteiger partial charge in [-0.05, 0) is 59.3 Å². The maximum Gasteiger partial charge on any atom is 0.408 e. The molecule has 0 aliphatic heterocycles. The Balaban J connectivity index is 0.000000394. The summed E-state index contributed by atoms with van der Waals surface area (Å²) >= 11 is 0. The van der Waals surface area contributed by atoms with Gasteiger partial charge in [-0.25, -0.2) is 14.4 Å². The lowest BCUT2D eigenvalue weighted by Crippen LogP contribution is -2.41. The zero-order valence-corrected chi connectivity index (χ0v) is 21.9. The molecule has 0 bridgehead atoms. The topological polar surface area (TPSA) is 126 Å². The predicted octanol–water partition coefficient (Wildman–Crippen LogP) is 4.90. The van der Waals surface area contributed by atoms with Gasteiger partial charge in [-0.3, -0.25) is 0 Å². The SMILES string of the molecule is C1CCC(NC2CCCCC2)CC1.C=CCOC(=O)NC(CCCNC(=O)OC(C)(C)C)C(=O)O. The van der Waals surface area contributed by atoms with E-state index < -0.39 is 29.8 Å². The molecule has 0 aromatic heterocycles. The standard InChI is InChI=1S/C14H24N2O6.C12H23N/c1-5-9-21-13(20)16-10(11(17)18)7-6-8-15-12(19)22-14(2,3)4;1-3-7-11(8-4-1)13-12-9-5-2-6-10-12/h5,10H,1,6-9H2,2-4H3,(H,15,19)(H,16,20)(H,17,18);11-13H,1-10H2. The van der Waals surface area contributed by atoms with Crippen molar-refractivity contribution in [3.63, 3.8) is 0 Å². The van der Waals surface area contributed by atoms with Crippen LogP contribution in [0.5, 0.6) is 0 Å². The lowest BCUT2D eigenvalue weighted by atomic mass is 9.91. The quantitative estimate of drug-likeness (QED) is 0.250. The predicted molar refractivity (Wildman–Crippen MR) is 136 cm³/mol. The molecule has 2 saturated carbocycles. The number of rotatable bonds is 10. The zero-order chi connectivity index (χ0) is 26.1. The van der Waals surface area contributed by atoms with E-state index >= 15 is 0 Å². The molecule has 0 saturated heterocycles. The van der Waals surface area contributed by atoms with E-state index in [4.69, 9.17) is 9.84 Å². The second-order valence-corrected chi connectivity index (χ2v) is 10.3. The smallest absolute Gasteiger partial charge is 0.408 e. The molecule has 0 spiro atoms. The van der Waals surface area contributed by atoms with Crippen LogP contribution in [0.25, 0.3) is 0 Å². The van der Waals surface area contributed by atoms with Crippen LogP contribution < -0.4 is 16.0 Å². The van der Waals surface area contributed by atoms with Crippen LogP contribution in [0.4, 0.5) is 9.59 Å². The van der Waals surface area contributed by atoms with Crippen LogP contribution in [0.15, 0.2) is 12.7 Å².